The first-order valence-electron chi connectivity index (χ1n) is 12.1. The van der Waals surface area contributed by atoms with E-state index >= 15 is 0 Å². The van der Waals surface area contributed by atoms with Gasteiger partial charge in [0.05, 0.1) is 17.2 Å². The second kappa shape index (κ2) is 9.85. The highest BCUT2D eigenvalue weighted by Crippen LogP contribution is 2.35. The Balaban J connectivity index is 1.17. The van der Waals surface area contributed by atoms with Crippen molar-refractivity contribution < 1.29 is 0 Å². The molecule has 3 aromatic rings. The molecule has 2 aromatic heterocycles. The lowest BCUT2D eigenvalue weighted by atomic mass is 9.91. The minimum atomic E-state index is 0.514. The summed E-state index contributed by atoms with van der Waals surface area (Å²) in [5, 5.41) is 9.03. The quantitative estimate of drug-likeness (QED) is 0.485. The van der Waals surface area contributed by atoms with Crippen molar-refractivity contribution in [1.82, 2.24) is 29.5 Å². The third-order valence-electron chi connectivity index (χ3n) is 7.34. The highest BCUT2D eigenvalue weighted by Gasteiger charge is 2.29. The van der Waals surface area contributed by atoms with Crippen molar-refractivity contribution >= 4 is 22.8 Å². The molecule has 0 aliphatic carbocycles. The first-order valence-corrected chi connectivity index (χ1v) is 13.3. The van der Waals surface area contributed by atoms with Crippen LogP contribution in [0.2, 0.25) is 0 Å². The number of thioether (sulfide) groups is 1. The van der Waals surface area contributed by atoms with Gasteiger partial charge in [-0.3, -0.25) is 4.90 Å². The number of rotatable bonds is 6. The molecule has 0 bridgehead atoms. The minimum absolute atomic E-state index is 0.514. The lowest BCUT2D eigenvalue weighted by molar-refractivity contribution is 0.153. The molecule has 0 saturated carbocycles. The van der Waals surface area contributed by atoms with Crippen molar-refractivity contribution in [3.05, 3.63) is 60.1 Å². The number of aromatic nitrogens is 4. The minimum Gasteiger partial charge on any atom is -0.375 e. The number of piperidine rings is 2. The van der Waals surface area contributed by atoms with Gasteiger partial charge < -0.3 is 9.47 Å². The van der Waals surface area contributed by atoms with Crippen LogP contribution in [-0.2, 0) is 6.54 Å². The molecular weight excluding hydrogens is 428 g/mol. The van der Waals surface area contributed by atoms with E-state index in [1.54, 1.807) is 18.0 Å². The lowest BCUT2D eigenvalue weighted by Crippen LogP contribution is -2.40. The van der Waals surface area contributed by atoms with Crippen molar-refractivity contribution in [2.24, 2.45) is 5.92 Å². The molecule has 0 amide bonds. The van der Waals surface area contributed by atoms with E-state index in [1.165, 1.54) is 35.2 Å². The van der Waals surface area contributed by atoms with E-state index in [4.69, 9.17) is 4.98 Å². The lowest BCUT2D eigenvalue weighted by Gasteiger charge is -2.41. The molecule has 6 nitrogen and oxygen atoms in total. The van der Waals surface area contributed by atoms with Crippen molar-refractivity contribution in [2.45, 2.75) is 50.4 Å². The number of aryl methyl sites for hydroxylation is 1. The molecule has 0 atom stereocenters. The van der Waals surface area contributed by atoms with Gasteiger partial charge in [-0.25, -0.2) is 4.98 Å². The summed E-state index contributed by atoms with van der Waals surface area (Å²) < 4.78 is 2.49. The van der Waals surface area contributed by atoms with E-state index in [9.17, 15) is 0 Å². The number of hydrogen-bond donors (Lipinski definition) is 0. The molecule has 33 heavy (non-hydrogen) atoms. The molecule has 0 radical (unpaired) electrons. The van der Waals surface area contributed by atoms with E-state index in [2.05, 4.69) is 68.6 Å². The molecule has 7 heteroatoms. The van der Waals surface area contributed by atoms with Crippen LogP contribution in [0.25, 0.3) is 11.0 Å². The van der Waals surface area contributed by atoms with Gasteiger partial charge >= 0.3 is 0 Å². The van der Waals surface area contributed by atoms with E-state index in [-0.39, 0.29) is 0 Å². The van der Waals surface area contributed by atoms with Crippen LogP contribution in [0.3, 0.4) is 0 Å². The van der Waals surface area contributed by atoms with Crippen LogP contribution in [-0.4, -0.2) is 62.0 Å². The molecule has 0 N–H and O–H groups in total. The van der Waals surface area contributed by atoms with Crippen molar-refractivity contribution in [3.8, 4) is 0 Å². The number of fused-ring (bicyclic) bond motifs is 1. The SMILES string of the molecule is C=C(C1CCN(Cc2ccnnc2)CC1)N1CCC(n2c(SC)nc3cc(C)ccc32)CC1. The second-order valence-corrected chi connectivity index (χ2v) is 10.2. The molecular formula is C26H34N6S. The Kier molecular flexibility index (Phi) is 6.69. The van der Waals surface area contributed by atoms with Crippen LogP contribution >= 0.6 is 11.8 Å². The predicted octanol–water partition coefficient (Wildman–Crippen LogP) is 4.92. The molecule has 4 heterocycles. The monoisotopic (exact) mass is 462 g/mol. The summed E-state index contributed by atoms with van der Waals surface area (Å²) in [6.07, 6.45) is 10.5. The molecule has 174 valence electrons. The molecule has 2 saturated heterocycles. The van der Waals surface area contributed by atoms with Gasteiger partial charge in [-0.15, -0.1) is 0 Å². The molecule has 2 fully saturated rings. The molecule has 0 spiro atoms. The largest absolute Gasteiger partial charge is 0.375 e. The van der Waals surface area contributed by atoms with Crippen LogP contribution in [0.15, 0.2) is 54.1 Å². The van der Waals surface area contributed by atoms with Gasteiger partial charge in [0.15, 0.2) is 5.16 Å². The van der Waals surface area contributed by atoms with Gasteiger partial charge in [-0.2, -0.15) is 10.2 Å². The van der Waals surface area contributed by atoms with Gasteiger partial charge in [0.2, 0.25) is 0 Å². The van der Waals surface area contributed by atoms with E-state index in [0.717, 1.165) is 56.2 Å². The van der Waals surface area contributed by atoms with Crippen molar-refractivity contribution in [3.63, 3.8) is 0 Å². The summed E-state index contributed by atoms with van der Waals surface area (Å²) in [4.78, 5) is 10.0. The summed E-state index contributed by atoms with van der Waals surface area (Å²) in [6.45, 7) is 12.1. The number of allylic oxidation sites excluding steroid dienone is 1. The fourth-order valence-corrected chi connectivity index (χ4v) is 6.08. The highest BCUT2D eigenvalue weighted by molar-refractivity contribution is 7.98. The highest BCUT2D eigenvalue weighted by atomic mass is 32.2. The predicted molar refractivity (Wildman–Crippen MR) is 135 cm³/mol. The van der Waals surface area contributed by atoms with Gasteiger partial charge in [-0.05, 0) is 81.3 Å². The maximum atomic E-state index is 4.91. The maximum absolute atomic E-state index is 4.91. The zero-order chi connectivity index (χ0) is 22.8. The van der Waals surface area contributed by atoms with Crippen LogP contribution < -0.4 is 0 Å². The first-order chi connectivity index (χ1) is 16.1. The zero-order valence-electron chi connectivity index (χ0n) is 19.8. The average molecular weight is 463 g/mol. The molecule has 2 aliphatic heterocycles. The van der Waals surface area contributed by atoms with Crippen molar-refractivity contribution in [2.75, 3.05) is 32.4 Å². The summed E-state index contributed by atoms with van der Waals surface area (Å²) in [7, 11) is 0. The number of benzene rings is 1. The zero-order valence-corrected chi connectivity index (χ0v) is 20.6. The fourth-order valence-electron chi connectivity index (χ4n) is 5.45. The number of hydrogen-bond acceptors (Lipinski definition) is 6. The molecule has 1 aromatic carbocycles. The van der Waals surface area contributed by atoms with Gasteiger partial charge in [0.1, 0.15) is 0 Å². The van der Waals surface area contributed by atoms with Gasteiger partial charge in [0.25, 0.3) is 0 Å². The number of likely N-dealkylation sites (tertiary alicyclic amines) is 2. The van der Waals surface area contributed by atoms with Crippen LogP contribution in [0.1, 0.15) is 42.9 Å². The topological polar surface area (TPSA) is 50.1 Å². The Morgan fingerprint density at radius 2 is 1.85 bits per heavy atom. The third kappa shape index (κ3) is 4.80. The fraction of sp³-hybridized carbons (Fsp3) is 0.500. The van der Waals surface area contributed by atoms with E-state index in [1.807, 2.05) is 6.20 Å². The second-order valence-electron chi connectivity index (χ2n) is 9.47. The Labute approximate surface area is 201 Å². The van der Waals surface area contributed by atoms with E-state index < -0.39 is 0 Å². The van der Waals surface area contributed by atoms with Gasteiger partial charge in [0, 0.05) is 43.5 Å². The summed E-state index contributed by atoms with van der Waals surface area (Å²) >= 11 is 1.76. The normalized spacial score (nSPS) is 18.8. The maximum Gasteiger partial charge on any atom is 0.169 e. The molecule has 2 aliphatic rings. The number of imidazole rings is 1. The van der Waals surface area contributed by atoms with Crippen molar-refractivity contribution in [1.29, 1.82) is 0 Å². The van der Waals surface area contributed by atoms with Crippen LogP contribution in [0.4, 0.5) is 0 Å². The van der Waals surface area contributed by atoms with Crippen LogP contribution in [0.5, 0.6) is 0 Å². The molecule has 5 rings (SSSR count). The third-order valence-corrected chi connectivity index (χ3v) is 7.99. The first kappa shape index (κ1) is 22.4. The number of nitrogens with zero attached hydrogens (tertiary/aromatic N) is 6. The van der Waals surface area contributed by atoms with E-state index in [0.29, 0.717) is 12.0 Å². The Morgan fingerprint density at radius 3 is 2.55 bits per heavy atom. The smallest absolute Gasteiger partial charge is 0.169 e. The summed E-state index contributed by atoms with van der Waals surface area (Å²) in [6, 6.07) is 9.24. The standard InChI is InChI=1S/C26H34N6S/c1-19-4-5-25-24(16-19)29-26(33-3)32(25)23-9-14-31(15-10-23)20(2)22-7-12-30(13-8-22)18-21-6-11-27-28-17-21/h4-6,11,16-17,22-23H,2,7-10,12-15,18H2,1,3H3. The Hall–Kier alpha value is -2.38. The summed E-state index contributed by atoms with van der Waals surface area (Å²) in [5.74, 6) is 0.604. The Morgan fingerprint density at radius 1 is 1.06 bits per heavy atom. The summed E-state index contributed by atoms with van der Waals surface area (Å²) in [5.41, 5.74) is 6.28. The van der Waals surface area contributed by atoms with Gasteiger partial charge in [-0.1, -0.05) is 24.4 Å². The average Bonchev–Trinajstić information content (AvgIpc) is 3.22. The van der Waals surface area contributed by atoms with Crippen LogP contribution in [0, 0.1) is 12.8 Å². The molecule has 0 unspecified atom stereocenters. The Bertz CT molecular complexity index is 1090.